The van der Waals surface area contributed by atoms with Crippen molar-refractivity contribution in [1.29, 1.82) is 0 Å². The highest BCUT2D eigenvalue weighted by Gasteiger charge is 2.30. The second-order valence-corrected chi connectivity index (χ2v) is 5.72. The first-order chi connectivity index (χ1) is 10.6. The number of aromatic nitrogens is 3. The molecule has 1 unspecified atom stereocenters. The number of anilines is 1. The van der Waals surface area contributed by atoms with Crippen LogP contribution in [0, 0.1) is 6.92 Å². The first kappa shape index (κ1) is 14.7. The Hall–Kier alpha value is -2.21. The maximum absolute atomic E-state index is 12.8. The van der Waals surface area contributed by atoms with Gasteiger partial charge in [0.15, 0.2) is 0 Å². The van der Waals surface area contributed by atoms with Gasteiger partial charge in [0.2, 0.25) is 5.91 Å². The molecule has 1 fully saturated rings. The van der Waals surface area contributed by atoms with Crippen molar-refractivity contribution in [1.82, 2.24) is 19.7 Å². The molecule has 1 atom stereocenters. The number of hydrogen-bond donors (Lipinski definition) is 1. The van der Waals surface area contributed by atoms with Gasteiger partial charge in [-0.1, -0.05) is 6.07 Å². The normalized spacial score (nSPS) is 16.6. The molecule has 1 saturated heterocycles. The van der Waals surface area contributed by atoms with Crippen molar-refractivity contribution in [3.05, 3.63) is 42.0 Å². The number of carbonyl (C=O) groups is 1. The summed E-state index contributed by atoms with van der Waals surface area (Å²) < 4.78 is 1.71. The summed E-state index contributed by atoms with van der Waals surface area (Å²) in [4.78, 5) is 19.2. The molecule has 2 aromatic heterocycles. The lowest BCUT2D eigenvalue weighted by Crippen LogP contribution is -2.35. The molecular formula is C16H21N5O. The van der Waals surface area contributed by atoms with Crippen LogP contribution in [0.1, 0.15) is 30.1 Å². The Morgan fingerprint density at radius 3 is 2.73 bits per heavy atom. The Balaban J connectivity index is 1.85. The summed E-state index contributed by atoms with van der Waals surface area (Å²) in [6, 6.07) is 3.54. The van der Waals surface area contributed by atoms with Crippen LogP contribution >= 0.6 is 0 Å². The zero-order chi connectivity index (χ0) is 15.5. The van der Waals surface area contributed by atoms with E-state index in [0.29, 0.717) is 0 Å². The zero-order valence-electron chi connectivity index (χ0n) is 13.0. The van der Waals surface area contributed by atoms with Crippen LogP contribution in [0.15, 0.2) is 30.7 Å². The number of rotatable bonds is 4. The molecular weight excluding hydrogens is 278 g/mol. The second kappa shape index (κ2) is 6.27. The highest BCUT2D eigenvalue weighted by atomic mass is 16.2. The SMILES string of the molecule is Cc1nn(C)cc1NC(=O)C(c1cccnc1)N1CCCC1. The fraction of sp³-hybridized carbons (Fsp3) is 0.438. The van der Waals surface area contributed by atoms with E-state index in [1.165, 1.54) is 0 Å². The monoisotopic (exact) mass is 299 g/mol. The van der Waals surface area contributed by atoms with E-state index in [0.717, 1.165) is 42.9 Å². The van der Waals surface area contributed by atoms with Crippen LogP contribution in [-0.2, 0) is 11.8 Å². The maximum Gasteiger partial charge on any atom is 0.246 e. The average molecular weight is 299 g/mol. The van der Waals surface area contributed by atoms with Gasteiger partial charge in [0.25, 0.3) is 0 Å². The molecule has 0 aliphatic carbocycles. The highest BCUT2D eigenvalue weighted by molar-refractivity contribution is 5.95. The third-order valence-corrected chi connectivity index (χ3v) is 4.03. The quantitative estimate of drug-likeness (QED) is 0.936. The van der Waals surface area contributed by atoms with Gasteiger partial charge in [-0.2, -0.15) is 5.10 Å². The number of pyridine rings is 1. The van der Waals surface area contributed by atoms with Crippen molar-refractivity contribution in [2.75, 3.05) is 18.4 Å². The molecule has 6 nitrogen and oxygen atoms in total. The fourth-order valence-electron chi connectivity index (χ4n) is 2.99. The minimum absolute atomic E-state index is 0.0222. The van der Waals surface area contributed by atoms with Crippen molar-refractivity contribution in [3.63, 3.8) is 0 Å². The smallest absolute Gasteiger partial charge is 0.246 e. The number of carbonyl (C=O) groups excluding carboxylic acids is 1. The summed E-state index contributed by atoms with van der Waals surface area (Å²) >= 11 is 0. The highest BCUT2D eigenvalue weighted by Crippen LogP contribution is 2.26. The van der Waals surface area contributed by atoms with Crippen LogP contribution in [0.3, 0.4) is 0 Å². The molecule has 0 saturated carbocycles. The predicted octanol–water partition coefficient (Wildman–Crippen LogP) is 1.90. The van der Waals surface area contributed by atoms with Crippen LogP contribution in [-0.4, -0.2) is 38.7 Å². The van der Waals surface area contributed by atoms with Crippen LogP contribution in [0.4, 0.5) is 5.69 Å². The molecule has 0 spiro atoms. The number of amides is 1. The van der Waals surface area contributed by atoms with Gasteiger partial charge in [-0.05, 0) is 44.5 Å². The summed E-state index contributed by atoms with van der Waals surface area (Å²) in [6.45, 7) is 3.78. The number of hydrogen-bond acceptors (Lipinski definition) is 4. The number of likely N-dealkylation sites (tertiary alicyclic amines) is 1. The van der Waals surface area contributed by atoms with E-state index in [-0.39, 0.29) is 11.9 Å². The molecule has 3 rings (SSSR count). The molecule has 1 N–H and O–H groups in total. The molecule has 1 aliphatic rings. The van der Waals surface area contributed by atoms with Crippen molar-refractivity contribution in [2.45, 2.75) is 25.8 Å². The Kier molecular flexibility index (Phi) is 4.20. The Bertz CT molecular complexity index is 646. The minimum atomic E-state index is -0.296. The largest absolute Gasteiger partial charge is 0.322 e. The van der Waals surface area contributed by atoms with Gasteiger partial charge in [-0.15, -0.1) is 0 Å². The lowest BCUT2D eigenvalue weighted by Gasteiger charge is -2.26. The van der Waals surface area contributed by atoms with E-state index >= 15 is 0 Å². The Morgan fingerprint density at radius 2 is 2.14 bits per heavy atom. The number of nitrogens with one attached hydrogen (secondary N) is 1. The van der Waals surface area contributed by atoms with E-state index in [4.69, 9.17) is 0 Å². The molecule has 6 heteroatoms. The first-order valence-corrected chi connectivity index (χ1v) is 7.60. The minimum Gasteiger partial charge on any atom is -0.322 e. The summed E-state index contributed by atoms with van der Waals surface area (Å²) in [5.74, 6) is -0.0222. The predicted molar refractivity (Wildman–Crippen MR) is 84.4 cm³/mol. The second-order valence-electron chi connectivity index (χ2n) is 5.72. The van der Waals surface area contributed by atoms with Gasteiger partial charge in [-0.3, -0.25) is 19.4 Å². The van der Waals surface area contributed by atoms with Gasteiger partial charge in [-0.25, -0.2) is 0 Å². The Morgan fingerprint density at radius 1 is 1.36 bits per heavy atom. The van der Waals surface area contributed by atoms with Crippen molar-refractivity contribution < 1.29 is 4.79 Å². The third kappa shape index (κ3) is 3.01. The number of nitrogens with zero attached hydrogens (tertiary/aromatic N) is 4. The van der Waals surface area contributed by atoms with Crippen LogP contribution in [0.5, 0.6) is 0 Å². The molecule has 0 radical (unpaired) electrons. The van der Waals surface area contributed by atoms with E-state index < -0.39 is 0 Å². The fourth-order valence-corrected chi connectivity index (χ4v) is 2.99. The molecule has 116 valence electrons. The van der Waals surface area contributed by atoms with Gasteiger partial charge in [0.05, 0.1) is 11.4 Å². The summed E-state index contributed by atoms with van der Waals surface area (Å²) in [6.07, 6.45) is 7.61. The van der Waals surface area contributed by atoms with Crippen LogP contribution in [0.2, 0.25) is 0 Å². The lowest BCUT2D eigenvalue weighted by molar-refractivity contribution is -0.121. The van der Waals surface area contributed by atoms with Crippen LogP contribution in [0.25, 0.3) is 0 Å². The zero-order valence-corrected chi connectivity index (χ0v) is 13.0. The van der Waals surface area contributed by atoms with E-state index in [9.17, 15) is 4.79 Å². The lowest BCUT2D eigenvalue weighted by atomic mass is 10.1. The Labute approximate surface area is 130 Å². The molecule has 3 heterocycles. The first-order valence-electron chi connectivity index (χ1n) is 7.60. The van der Waals surface area contributed by atoms with Gasteiger partial charge < -0.3 is 5.32 Å². The standard InChI is InChI=1S/C16H21N5O/c1-12-14(11-20(2)19-12)18-16(22)15(21-8-3-4-9-21)13-6-5-7-17-10-13/h5-7,10-11,15H,3-4,8-9H2,1-2H3,(H,18,22). The molecule has 2 aromatic rings. The van der Waals surface area contributed by atoms with Gasteiger partial charge >= 0.3 is 0 Å². The van der Waals surface area contributed by atoms with Gasteiger partial charge in [0.1, 0.15) is 6.04 Å². The van der Waals surface area contributed by atoms with Gasteiger partial charge in [0, 0.05) is 25.6 Å². The summed E-state index contributed by atoms with van der Waals surface area (Å²) in [5, 5.41) is 7.28. The van der Waals surface area contributed by atoms with E-state index in [2.05, 4.69) is 20.3 Å². The molecule has 1 aliphatic heterocycles. The van der Waals surface area contributed by atoms with E-state index in [1.807, 2.05) is 32.3 Å². The third-order valence-electron chi connectivity index (χ3n) is 4.03. The van der Waals surface area contributed by atoms with Crippen molar-refractivity contribution >= 4 is 11.6 Å². The number of aryl methyl sites for hydroxylation is 2. The van der Waals surface area contributed by atoms with Crippen LogP contribution < -0.4 is 5.32 Å². The van der Waals surface area contributed by atoms with Crippen molar-refractivity contribution in [3.8, 4) is 0 Å². The molecule has 0 aromatic carbocycles. The molecule has 22 heavy (non-hydrogen) atoms. The van der Waals surface area contributed by atoms with E-state index in [1.54, 1.807) is 17.1 Å². The average Bonchev–Trinajstić information content (AvgIpc) is 3.11. The topological polar surface area (TPSA) is 63.1 Å². The molecule has 0 bridgehead atoms. The maximum atomic E-state index is 12.8. The summed E-state index contributed by atoms with van der Waals surface area (Å²) in [5.41, 5.74) is 2.52. The molecule has 1 amide bonds. The van der Waals surface area contributed by atoms with Crippen molar-refractivity contribution in [2.24, 2.45) is 7.05 Å². The summed E-state index contributed by atoms with van der Waals surface area (Å²) in [7, 11) is 1.85.